The van der Waals surface area contributed by atoms with E-state index in [1.165, 1.54) is 6.07 Å². The first-order valence-corrected chi connectivity index (χ1v) is 8.83. The van der Waals surface area contributed by atoms with Crippen molar-refractivity contribution in [2.45, 2.75) is 26.3 Å². The van der Waals surface area contributed by atoms with Crippen LogP contribution in [0.25, 0.3) is 0 Å². The maximum Gasteiger partial charge on any atom is 0.228 e. The summed E-state index contributed by atoms with van der Waals surface area (Å²) in [6, 6.07) is 6.98. The van der Waals surface area contributed by atoms with Crippen molar-refractivity contribution in [1.82, 2.24) is 9.80 Å². The summed E-state index contributed by atoms with van der Waals surface area (Å²) in [6.07, 6.45) is 1.94. The number of piperidine rings is 1. The summed E-state index contributed by atoms with van der Waals surface area (Å²) >= 11 is 0. The fraction of sp³-hybridized carbons (Fsp3) is 0.632. The first-order valence-electron chi connectivity index (χ1n) is 8.83. The van der Waals surface area contributed by atoms with E-state index < -0.39 is 0 Å². The van der Waals surface area contributed by atoms with Crippen LogP contribution in [0, 0.1) is 17.2 Å². The monoisotopic (exact) mass is 334 g/mol. The van der Waals surface area contributed by atoms with Crippen molar-refractivity contribution in [2.75, 3.05) is 39.9 Å². The predicted molar refractivity (Wildman–Crippen MR) is 91.0 cm³/mol. The van der Waals surface area contributed by atoms with Crippen LogP contribution in [0.15, 0.2) is 24.3 Å². The molecule has 0 radical (unpaired) electrons. The Balaban J connectivity index is 1.67. The molecule has 1 atom stereocenters. The number of amides is 1. The molecule has 1 aromatic carbocycles. The number of carbonyl (C=O) groups excluding carboxylic acids is 1. The molecule has 1 amide bonds. The normalized spacial score (nSPS) is 24.0. The molecule has 132 valence electrons. The van der Waals surface area contributed by atoms with Crippen LogP contribution in [0.5, 0.6) is 0 Å². The van der Waals surface area contributed by atoms with Crippen molar-refractivity contribution >= 4 is 5.91 Å². The Kier molecular flexibility index (Phi) is 5.21. The molecule has 4 nitrogen and oxygen atoms in total. The number of carbonyl (C=O) groups is 1. The third-order valence-electron chi connectivity index (χ3n) is 5.77. The highest BCUT2D eigenvalue weighted by molar-refractivity contribution is 5.82. The fourth-order valence-corrected chi connectivity index (χ4v) is 4.26. The van der Waals surface area contributed by atoms with E-state index in [1.807, 2.05) is 24.0 Å². The minimum Gasteiger partial charge on any atom is -0.384 e. The van der Waals surface area contributed by atoms with Gasteiger partial charge in [0.1, 0.15) is 5.82 Å². The zero-order valence-corrected chi connectivity index (χ0v) is 14.6. The van der Waals surface area contributed by atoms with E-state index in [0.717, 1.165) is 44.6 Å². The quantitative estimate of drug-likeness (QED) is 0.829. The standard InChI is InChI=1S/C19H27FN2O2/c1-3-22-14-19(16(13-24-2)18(22)23)8-10-21(11-9-19)12-15-6-4-5-7-17(15)20/h4-7,16H,3,8-14H2,1-2H3. The Morgan fingerprint density at radius 1 is 1.29 bits per heavy atom. The largest absolute Gasteiger partial charge is 0.384 e. The van der Waals surface area contributed by atoms with Crippen molar-refractivity contribution in [1.29, 1.82) is 0 Å². The average molecular weight is 334 g/mol. The molecule has 24 heavy (non-hydrogen) atoms. The number of rotatable bonds is 5. The summed E-state index contributed by atoms with van der Waals surface area (Å²) in [4.78, 5) is 16.9. The second-order valence-corrected chi connectivity index (χ2v) is 7.09. The van der Waals surface area contributed by atoms with E-state index in [2.05, 4.69) is 4.90 Å². The molecule has 0 aromatic heterocycles. The van der Waals surface area contributed by atoms with Gasteiger partial charge < -0.3 is 9.64 Å². The summed E-state index contributed by atoms with van der Waals surface area (Å²) in [5.41, 5.74) is 0.772. The second-order valence-electron chi connectivity index (χ2n) is 7.09. The van der Waals surface area contributed by atoms with Gasteiger partial charge in [-0.05, 0) is 38.9 Å². The molecule has 1 unspecified atom stereocenters. The molecule has 1 spiro atoms. The number of ether oxygens (including phenoxy) is 1. The van der Waals surface area contributed by atoms with Gasteiger partial charge in [-0.1, -0.05) is 18.2 Å². The van der Waals surface area contributed by atoms with Crippen LogP contribution in [0.2, 0.25) is 0 Å². The van der Waals surface area contributed by atoms with Gasteiger partial charge in [0.15, 0.2) is 0 Å². The van der Waals surface area contributed by atoms with Crippen molar-refractivity contribution in [3.05, 3.63) is 35.6 Å². The molecule has 0 saturated carbocycles. The highest BCUT2D eigenvalue weighted by Gasteiger charge is 2.52. The van der Waals surface area contributed by atoms with E-state index in [4.69, 9.17) is 4.74 Å². The third kappa shape index (κ3) is 3.20. The molecule has 3 rings (SSSR count). The molecule has 1 aromatic rings. The lowest BCUT2D eigenvalue weighted by molar-refractivity contribution is -0.133. The highest BCUT2D eigenvalue weighted by Crippen LogP contribution is 2.45. The minimum absolute atomic E-state index is 0.0227. The molecule has 2 heterocycles. The van der Waals surface area contributed by atoms with Crippen LogP contribution in [0.4, 0.5) is 4.39 Å². The molecule has 2 fully saturated rings. The van der Waals surface area contributed by atoms with Crippen LogP contribution in [-0.4, -0.2) is 55.6 Å². The molecular weight excluding hydrogens is 307 g/mol. The number of hydrogen-bond donors (Lipinski definition) is 0. The van der Waals surface area contributed by atoms with Crippen LogP contribution in [0.1, 0.15) is 25.3 Å². The summed E-state index contributed by atoms with van der Waals surface area (Å²) in [6.45, 7) is 6.59. The predicted octanol–water partition coefficient (Wildman–Crippen LogP) is 2.53. The van der Waals surface area contributed by atoms with Crippen molar-refractivity contribution in [3.8, 4) is 0 Å². The van der Waals surface area contributed by atoms with Gasteiger partial charge in [0.25, 0.3) is 0 Å². The number of hydrogen-bond acceptors (Lipinski definition) is 3. The van der Waals surface area contributed by atoms with Gasteiger partial charge >= 0.3 is 0 Å². The Morgan fingerprint density at radius 3 is 2.62 bits per heavy atom. The molecule has 2 saturated heterocycles. The number of methoxy groups -OCH3 is 1. The number of nitrogens with zero attached hydrogens (tertiary/aromatic N) is 2. The zero-order valence-electron chi connectivity index (χ0n) is 14.6. The van der Waals surface area contributed by atoms with E-state index in [-0.39, 0.29) is 23.1 Å². The lowest BCUT2D eigenvalue weighted by atomic mass is 9.71. The fourth-order valence-electron chi connectivity index (χ4n) is 4.26. The van der Waals surface area contributed by atoms with Crippen molar-refractivity contribution in [2.24, 2.45) is 11.3 Å². The molecule has 0 aliphatic carbocycles. The summed E-state index contributed by atoms with van der Waals surface area (Å²) in [7, 11) is 1.67. The van der Waals surface area contributed by atoms with Gasteiger partial charge in [-0.15, -0.1) is 0 Å². The van der Waals surface area contributed by atoms with Crippen molar-refractivity contribution in [3.63, 3.8) is 0 Å². The Hall–Kier alpha value is -1.46. The Morgan fingerprint density at radius 2 is 2.00 bits per heavy atom. The maximum absolute atomic E-state index is 13.9. The first kappa shape index (κ1) is 17.4. The number of halogens is 1. The molecular formula is C19H27FN2O2. The van der Waals surface area contributed by atoms with E-state index in [1.54, 1.807) is 13.2 Å². The molecule has 5 heteroatoms. The van der Waals surface area contributed by atoms with Gasteiger partial charge in [-0.25, -0.2) is 4.39 Å². The Bertz CT molecular complexity index is 584. The Labute approximate surface area is 143 Å². The average Bonchev–Trinajstić information content (AvgIpc) is 2.85. The summed E-state index contributed by atoms with van der Waals surface area (Å²) in [5.74, 6) is 0.0724. The van der Waals surface area contributed by atoms with Crippen LogP contribution >= 0.6 is 0 Å². The molecule has 2 aliphatic rings. The van der Waals surface area contributed by atoms with Crippen LogP contribution < -0.4 is 0 Å². The van der Waals surface area contributed by atoms with E-state index in [9.17, 15) is 9.18 Å². The molecule has 0 bridgehead atoms. The van der Waals surface area contributed by atoms with Gasteiger partial charge in [0.2, 0.25) is 5.91 Å². The highest BCUT2D eigenvalue weighted by atomic mass is 19.1. The van der Waals surface area contributed by atoms with Gasteiger partial charge in [0.05, 0.1) is 12.5 Å². The zero-order chi connectivity index (χ0) is 17.2. The molecule has 2 aliphatic heterocycles. The van der Waals surface area contributed by atoms with Crippen LogP contribution in [-0.2, 0) is 16.1 Å². The van der Waals surface area contributed by atoms with E-state index in [0.29, 0.717) is 13.2 Å². The lowest BCUT2D eigenvalue weighted by Crippen LogP contribution is -2.45. The number of likely N-dealkylation sites (tertiary alicyclic amines) is 2. The third-order valence-corrected chi connectivity index (χ3v) is 5.77. The van der Waals surface area contributed by atoms with E-state index >= 15 is 0 Å². The second kappa shape index (κ2) is 7.19. The minimum atomic E-state index is -0.136. The maximum atomic E-state index is 13.9. The summed E-state index contributed by atoms with van der Waals surface area (Å²) in [5, 5.41) is 0. The van der Waals surface area contributed by atoms with Crippen LogP contribution in [0.3, 0.4) is 0 Å². The smallest absolute Gasteiger partial charge is 0.228 e. The topological polar surface area (TPSA) is 32.8 Å². The lowest BCUT2D eigenvalue weighted by Gasteiger charge is -2.41. The van der Waals surface area contributed by atoms with Crippen molar-refractivity contribution < 1.29 is 13.9 Å². The SMILES string of the molecule is CCN1CC2(CCN(Cc3ccccc3F)CC2)C(COC)C1=O. The van der Waals surface area contributed by atoms with Gasteiger partial charge in [0, 0.05) is 37.7 Å². The first-order chi connectivity index (χ1) is 11.6. The van der Waals surface area contributed by atoms with Gasteiger partial charge in [-0.3, -0.25) is 9.69 Å². The van der Waals surface area contributed by atoms with Gasteiger partial charge in [-0.2, -0.15) is 0 Å². The molecule has 0 N–H and O–H groups in total. The number of benzene rings is 1. The summed E-state index contributed by atoms with van der Waals surface area (Å²) < 4.78 is 19.2.